The number of hydrogen-bond acceptors (Lipinski definition) is 18. The van der Waals surface area contributed by atoms with Crippen LogP contribution in [-0.4, -0.2) is 191 Å². The van der Waals surface area contributed by atoms with Crippen LogP contribution in [0.3, 0.4) is 0 Å². The normalized spacial score (nSPS) is 57.5. The van der Waals surface area contributed by atoms with Gasteiger partial charge in [0.1, 0.15) is 67.1 Å². The first-order chi connectivity index (χ1) is 30.6. The molecule has 8 aliphatic rings. The molecule has 11 N–H and O–H groups in total. The predicted octanol–water partition coefficient (Wildman–Crippen LogP) is 0.210. The van der Waals surface area contributed by atoms with Gasteiger partial charge in [0.15, 0.2) is 18.9 Å². The molecule has 382 valence electrons. The zero-order valence-corrected chi connectivity index (χ0v) is 40.4. The lowest BCUT2D eigenvalue weighted by Gasteiger charge is -2.71. The molecule has 8 fully saturated rings. The van der Waals surface area contributed by atoms with Crippen molar-refractivity contribution in [3.8, 4) is 0 Å². The maximum absolute atomic E-state index is 12.5. The zero-order chi connectivity index (χ0) is 48.6. The Morgan fingerprint density at radius 2 is 1.15 bits per heavy atom. The van der Waals surface area contributed by atoms with Crippen molar-refractivity contribution in [1.29, 1.82) is 0 Å². The number of rotatable bonds is 9. The van der Waals surface area contributed by atoms with E-state index in [-0.39, 0.29) is 39.9 Å². The molecule has 27 atom stereocenters. The van der Waals surface area contributed by atoms with Gasteiger partial charge in [0.2, 0.25) is 0 Å². The molecule has 66 heavy (non-hydrogen) atoms. The SMILES string of the molecule is C[C@@H]1O[C@@H](O[C@H]2[C@H](O[C@H]3CC[C@]4(C)[C@H]5C[C@@H](O)[C@@H]6[C@@H]([C@]7(C)C[C@H](O)[C@@H](C(C)(C)O)O7)CC[C@@]6(C)[C@]5(C)CC[C@H]4C3(C)C)O[C@H](CO)[C@@H](O)[C@@H]2O[C@@H]2O[C@@H](C)[C@H](O)[C@@H](O)[C@H]2O)[C@H](O)[C@H](O)[C@H]1O. The molecule has 4 saturated carbocycles. The van der Waals surface area contributed by atoms with Gasteiger partial charge in [-0.1, -0.05) is 34.6 Å². The Labute approximate surface area is 388 Å². The molecule has 0 bridgehead atoms. The van der Waals surface area contributed by atoms with Crippen LogP contribution in [0.1, 0.15) is 121 Å². The van der Waals surface area contributed by atoms with E-state index in [2.05, 4.69) is 34.6 Å². The van der Waals surface area contributed by atoms with Crippen LogP contribution in [0.5, 0.6) is 0 Å². The monoisotopic (exact) mass is 947 g/mol. The molecule has 0 aromatic heterocycles. The summed E-state index contributed by atoms with van der Waals surface area (Å²) in [5.74, 6) is 0.171. The van der Waals surface area contributed by atoms with E-state index >= 15 is 0 Å². The zero-order valence-electron chi connectivity index (χ0n) is 40.4. The molecular weight excluding hydrogens is 865 g/mol. The number of aliphatic hydroxyl groups is 11. The fourth-order valence-corrected chi connectivity index (χ4v) is 15.6. The van der Waals surface area contributed by atoms with Gasteiger partial charge in [-0.3, -0.25) is 0 Å². The Bertz CT molecular complexity index is 1720. The van der Waals surface area contributed by atoms with E-state index in [0.29, 0.717) is 19.3 Å². The highest BCUT2D eigenvalue weighted by Gasteiger charge is 2.73. The van der Waals surface area contributed by atoms with Crippen molar-refractivity contribution >= 4 is 0 Å². The van der Waals surface area contributed by atoms with E-state index in [1.54, 1.807) is 13.8 Å². The Morgan fingerprint density at radius 1 is 0.591 bits per heavy atom. The van der Waals surface area contributed by atoms with Crippen LogP contribution >= 0.6 is 0 Å². The van der Waals surface area contributed by atoms with Crippen molar-refractivity contribution in [2.75, 3.05) is 6.61 Å². The molecule has 0 spiro atoms. The van der Waals surface area contributed by atoms with Crippen LogP contribution in [-0.2, 0) is 33.2 Å². The maximum Gasteiger partial charge on any atom is 0.187 e. The molecule has 4 aliphatic heterocycles. The molecule has 0 aromatic carbocycles. The van der Waals surface area contributed by atoms with Crippen molar-refractivity contribution in [2.24, 2.45) is 45.3 Å². The van der Waals surface area contributed by atoms with E-state index < -0.39 is 140 Å². The number of ether oxygens (including phenoxy) is 7. The molecule has 0 radical (unpaired) electrons. The Morgan fingerprint density at radius 3 is 1.70 bits per heavy atom. The molecule has 4 aliphatic carbocycles. The lowest BCUT2D eigenvalue weighted by molar-refractivity contribution is -0.397. The van der Waals surface area contributed by atoms with Gasteiger partial charge < -0.3 is 89.3 Å². The van der Waals surface area contributed by atoms with E-state index in [1.165, 1.54) is 13.8 Å². The van der Waals surface area contributed by atoms with Crippen LogP contribution in [0.4, 0.5) is 0 Å². The molecule has 0 amide bonds. The highest BCUT2D eigenvalue weighted by atomic mass is 16.8. The number of fused-ring (bicyclic) bond motifs is 5. The van der Waals surface area contributed by atoms with Crippen LogP contribution in [0.2, 0.25) is 0 Å². The van der Waals surface area contributed by atoms with Crippen molar-refractivity contribution in [3.05, 3.63) is 0 Å². The third-order valence-electron chi connectivity index (χ3n) is 19.5. The van der Waals surface area contributed by atoms with Gasteiger partial charge in [-0.25, -0.2) is 0 Å². The second-order valence-electron chi connectivity index (χ2n) is 24.0. The van der Waals surface area contributed by atoms with Gasteiger partial charge in [-0.2, -0.15) is 0 Å². The van der Waals surface area contributed by atoms with E-state index in [0.717, 1.165) is 32.1 Å². The van der Waals surface area contributed by atoms with Crippen molar-refractivity contribution in [2.45, 2.75) is 248 Å². The maximum atomic E-state index is 12.5. The Hall–Kier alpha value is -0.720. The van der Waals surface area contributed by atoms with E-state index in [4.69, 9.17) is 33.2 Å². The fraction of sp³-hybridized carbons (Fsp3) is 1.00. The second kappa shape index (κ2) is 17.8. The minimum absolute atomic E-state index is 0.00669. The molecule has 18 nitrogen and oxygen atoms in total. The van der Waals surface area contributed by atoms with Gasteiger partial charge in [0.25, 0.3) is 0 Å². The lowest BCUT2D eigenvalue weighted by atomic mass is 9.35. The van der Waals surface area contributed by atoms with Gasteiger partial charge in [-0.15, -0.1) is 0 Å². The second-order valence-corrected chi connectivity index (χ2v) is 24.0. The molecule has 4 saturated heterocycles. The highest BCUT2D eigenvalue weighted by Crippen LogP contribution is 2.76. The minimum Gasteiger partial charge on any atom is -0.394 e. The van der Waals surface area contributed by atoms with Crippen molar-refractivity contribution in [3.63, 3.8) is 0 Å². The quantitative estimate of drug-likeness (QED) is 0.138. The Kier molecular flexibility index (Phi) is 13.9. The molecule has 0 aromatic rings. The molecule has 18 heteroatoms. The number of aliphatic hydroxyl groups excluding tert-OH is 10. The third-order valence-corrected chi connectivity index (χ3v) is 19.5. The van der Waals surface area contributed by atoms with Crippen LogP contribution in [0.15, 0.2) is 0 Å². The summed E-state index contributed by atoms with van der Waals surface area (Å²) in [6.45, 7) is 19.1. The van der Waals surface area contributed by atoms with E-state index in [9.17, 15) is 56.2 Å². The summed E-state index contributed by atoms with van der Waals surface area (Å²) >= 11 is 0. The standard InChI is InChI=1S/C48H82O18/c1-20-30(52)33(55)35(57)40(60-20)64-37-32(54)25(19-49)62-42(38(37)65-41-36(58)34(56)31(53)21(2)61-41)63-28-13-14-45(7)26(43(28,3)4)12-16-46(8)27(45)17-23(50)29-22(11-15-47(29,46)9)48(10)18-24(51)39(66-48)44(5,6)59/h20-42,49-59H,11-19H2,1-10H3/t20-,21-,22-,23+,24-,25+,26-,27+,28-,29-,30-,31-,32+,33+,34+,35+,36+,37-,38+,39-,40-,41-,42-,45-,46+,47+,48-/m0/s1. The predicted molar refractivity (Wildman–Crippen MR) is 232 cm³/mol. The molecule has 8 rings (SSSR count). The van der Waals surface area contributed by atoms with Crippen LogP contribution < -0.4 is 0 Å². The average molecular weight is 947 g/mol. The third kappa shape index (κ3) is 8.08. The first-order valence-electron chi connectivity index (χ1n) is 24.6. The molecular formula is C48H82O18. The summed E-state index contributed by atoms with van der Waals surface area (Å²) in [5.41, 5.74) is -3.08. The molecule has 4 heterocycles. The summed E-state index contributed by atoms with van der Waals surface area (Å²) in [4.78, 5) is 0. The summed E-state index contributed by atoms with van der Waals surface area (Å²) in [7, 11) is 0. The summed E-state index contributed by atoms with van der Waals surface area (Å²) in [5, 5.41) is 121. The summed E-state index contributed by atoms with van der Waals surface area (Å²) in [6, 6.07) is 0. The first-order valence-corrected chi connectivity index (χ1v) is 24.6. The topological polar surface area (TPSA) is 287 Å². The van der Waals surface area contributed by atoms with E-state index in [1.807, 2.05) is 6.92 Å². The van der Waals surface area contributed by atoms with Gasteiger partial charge in [0.05, 0.1) is 48.3 Å². The molecule has 0 unspecified atom stereocenters. The first kappa shape index (κ1) is 51.6. The lowest BCUT2D eigenvalue weighted by Crippen LogP contribution is -2.68. The van der Waals surface area contributed by atoms with Gasteiger partial charge >= 0.3 is 0 Å². The fourth-order valence-electron chi connectivity index (χ4n) is 15.6. The van der Waals surface area contributed by atoms with Crippen LogP contribution in [0, 0.1) is 45.3 Å². The summed E-state index contributed by atoms with van der Waals surface area (Å²) < 4.78 is 44.1. The minimum atomic E-state index is -1.77. The average Bonchev–Trinajstić information content (AvgIpc) is 3.79. The van der Waals surface area contributed by atoms with Crippen molar-refractivity contribution < 1.29 is 89.3 Å². The van der Waals surface area contributed by atoms with Gasteiger partial charge in [0, 0.05) is 6.42 Å². The van der Waals surface area contributed by atoms with Crippen LogP contribution in [0.25, 0.3) is 0 Å². The van der Waals surface area contributed by atoms with Crippen molar-refractivity contribution in [1.82, 2.24) is 0 Å². The summed E-state index contributed by atoms with van der Waals surface area (Å²) in [6.07, 6.45) is -19.2. The van der Waals surface area contributed by atoms with Gasteiger partial charge in [-0.05, 0) is 125 Å². The largest absolute Gasteiger partial charge is 0.394 e. The smallest absolute Gasteiger partial charge is 0.187 e. The number of hydrogen-bond donors (Lipinski definition) is 11. The highest BCUT2D eigenvalue weighted by molar-refractivity contribution is 5.21. The Balaban J connectivity index is 1.06.